The van der Waals surface area contributed by atoms with E-state index in [9.17, 15) is 9.59 Å². The molecule has 0 radical (unpaired) electrons. The maximum atomic E-state index is 11.0. The second-order valence-corrected chi connectivity index (χ2v) is 5.91. The van der Waals surface area contributed by atoms with Gasteiger partial charge in [-0.15, -0.1) is 0 Å². The molecule has 0 saturated carbocycles. The van der Waals surface area contributed by atoms with Crippen LogP contribution in [0.1, 0.15) is 22.3 Å². The second-order valence-electron chi connectivity index (χ2n) is 5.91. The number of aryl methyl sites for hydroxylation is 2. The van der Waals surface area contributed by atoms with Gasteiger partial charge in [0.1, 0.15) is 11.5 Å². The zero-order valence-electron chi connectivity index (χ0n) is 14.4. The van der Waals surface area contributed by atoms with Gasteiger partial charge in [-0.25, -0.2) is 0 Å². The van der Waals surface area contributed by atoms with Gasteiger partial charge in [-0.1, -0.05) is 24.3 Å². The van der Waals surface area contributed by atoms with Gasteiger partial charge in [-0.05, 0) is 48.2 Å². The molecule has 132 valence electrons. The molecule has 0 unspecified atom stereocenters. The zero-order valence-corrected chi connectivity index (χ0v) is 14.4. The number of ether oxygens (including phenoxy) is 2. The predicted octanol–water partition coefficient (Wildman–Crippen LogP) is 1.62. The number of amides is 2. The Morgan fingerprint density at radius 1 is 0.800 bits per heavy atom. The maximum absolute atomic E-state index is 11.0. The van der Waals surface area contributed by atoms with Gasteiger partial charge in [0, 0.05) is 6.42 Å². The molecule has 6 nitrogen and oxygen atoms in total. The standard InChI is InChI=1S/C19H22N2O4/c1-12-3-5-14(16(7-12)24-10-18(20)22)9-15-6-4-13(2)8-17(15)25-11-19(21)23/h3-8H,9-11H2,1-2H3,(H2,20,22)(H2,21,23). The van der Waals surface area contributed by atoms with E-state index in [0.29, 0.717) is 17.9 Å². The highest BCUT2D eigenvalue weighted by Crippen LogP contribution is 2.28. The van der Waals surface area contributed by atoms with Crippen LogP contribution in [0, 0.1) is 13.8 Å². The topological polar surface area (TPSA) is 105 Å². The Morgan fingerprint density at radius 2 is 1.20 bits per heavy atom. The van der Waals surface area contributed by atoms with Gasteiger partial charge >= 0.3 is 0 Å². The van der Waals surface area contributed by atoms with Gasteiger partial charge in [0.2, 0.25) is 0 Å². The molecule has 2 aromatic carbocycles. The largest absolute Gasteiger partial charge is 0.483 e. The Kier molecular flexibility index (Phi) is 6.00. The number of rotatable bonds is 8. The highest BCUT2D eigenvalue weighted by molar-refractivity contribution is 5.75. The number of carbonyl (C=O) groups excluding carboxylic acids is 2. The fourth-order valence-electron chi connectivity index (χ4n) is 2.39. The molecular formula is C19H22N2O4. The summed E-state index contributed by atoms with van der Waals surface area (Å²) in [7, 11) is 0. The van der Waals surface area contributed by atoms with E-state index in [4.69, 9.17) is 20.9 Å². The zero-order chi connectivity index (χ0) is 18.4. The number of nitrogens with two attached hydrogens (primary N) is 2. The molecule has 0 aromatic heterocycles. The van der Waals surface area contributed by atoms with E-state index in [-0.39, 0.29) is 13.2 Å². The van der Waals surface area contributed by atoms with Crippen LogP contribution in [0.25, 0.3) is 0 Å². The van der Waals surface area contributed by atoms with Crippen molar-refractivity contribution in [1.82, 2.24) is 0 Å². The van der Waals surface area contributed by atoms with Crippen molar-refractivity contribution in [3.8, 4) is 11.5 Å². The van der Waals surface area contributed by atoms with Crippen molar-refractivity contribution in [3.63, 3.8) is 0 Å². The molecule has 0 aliphatic heterocycles. The minimum atomic E-state index is -0.534. The smallest absolute Gasteiger partial charge is 0.255 e. The average Bonchev–Trinajstić information content (AvgIpc) is 2.54. The number of hydrogen-bond donors (Lipinski definition) is 2. The van der Waals surface area contributed by atoms with E-state index >= 15 is 0 Å². The van der Waals surface area contributed by atoms with Crippen LogP contribution in [0.3, 0.4) is 0 Å². The van der Waals surface area contributed by atoms with Gasteiger partial charge in [-0.2, -0.15) is 0 Å². The Hall–Kier alpha value is -3.02. The van der Waals surface area contributed by atoms with E-state index < -0.39 is 11.8 Å². The summed E-state index contributed by atoms with van der Waals surface area (Å²) in [6.07, 6.45) is 0.517. The first-order chi connectivity index (χ1) is 11.8. The lowest BCUT2D eigenvalue weighted by molar-refractivity contribution is -0.120. The highest BCUT2D eigenvalue weighted by Gasteiger charge is 2.11. The monoisotopic (exact) mass is 342 g/mol. The van der Waals surface area contributed by atoms with Crippen LogP contribution in [-0.2, 0) is 16.0 Å². The van der Waals surface area contributed by atoms with Crippen molar-refractivity contribution in [1.29, 1.82) is 0 Å². The third-order valence-electron chi connectivity index (χ3n) is 3.57. The molecular weight excluding hydrogens is 320 g/mol. The molecule has 0 heterocycles. The lowest BCUT2D eigenvalue weighted by atomic mass is 10.0. The molecule has 0 spiro atoms. The van der Waals surface area contributed by atoms with Gasteiger partial charge in [0.25, 0.3) is 11.8 Å². The SMILES string of the molecule is Cc1ccc(Cc2ccc(C)cc2OCC(N)=O)c(OCC(N)=O)c1. The molecule has 0 saturated heterocycles. The summed E-state index contributed by atoms with van der Waals surface area (Å²) in [6, 6.07) is 11.5. The molecule has 4 N–H and O–H groups in total. The third-order valence-corrected chi connectivity index (χ3v) is 3.57. The number of carbonyl (C=O) groups is 2. The predicted molar refractivity (Wildman–Crippen MR) is 94.5 cm³/mol. The lowest BCUT2D eigenvalue weighted by Crippen LogP contribution is -2.21. The van der Waals surface area contributed by atoms with Gasteiger partial charge in [0.05, 0.1) is 0 Å². The quantitative estimate of drug-likeness (QED) is 0.760. The minimum absolute atomic E-state index is 0.185. The van der Waals surface area contributed by atoms with Crippen molar-refractivity contribution in [2.75, 3.05) is 13.2 Å². The number of benzene rings is 2. The van der Waals surface area contributed by atoms with Gasteiger partial charge < -0.3 is 20.9 Å². The van der Waals surface area contributed by atoms with Crippen molar-refractivity contribution < 1.29 is 19.1 Å². The summed E-state index contributed by atoms with van der Waals surface area (Å²) in [4.78, 5) is 22.0. The first kappa shape index (κ1) is 18.3. The Labute approximate surface area is 146 Å². The first-order valence-electron chi connectivity index (χ1n) is 7.86. The molecule has 0 bridgehead atoms. The average molecular weight is 342 g/mol. The summed E-state index contributed by atoms with van der Waals surface area (Å²) < 4.78 is 11.0. The normalized spacial score (nSPS) is 10.3. The Bertz CT molecular complexity index is 721. The Morgan fingerprint density at radius 3 is 1.56 bits per heavy atom. The lowest BCUT2D eigenvalue weighted by Gasteiger charge is -2.15. The molecule has 2 aromatic rings. The molecule has 0 fully saturated rings. The van der Waals surface area contributed by atoms with E-state index in [0.717, 1.165) is 22.3 Å². The van der Waals surface area contributed by atoms with Crippen LogP contribution in [0.2, 0.25) is 0 Å². The summed E-state index contributed by atoms with van der Waals surface area (Å²) in [5.74, 6) is 0.127. The fraction of sp³-hybridized carbons (Fsp3) is 0.263. The maximum Gasteiger partial charge on any atom is 0.255 e. The van der Waals surface area contributed by atoms with E-state index in [1.54, 1.807) is 0 Å². The number of hydrogen-bond acceptors (Lipinski definition) is 4. The molecule has 6 heteroatoms. The Balaban J connectivity index is 2.29. The van der Waals surface area contributed by atoms with E-state index in [2.05, 4.69) is 0 Å². The van der Waals surface area contributed by atoms with Crippen LogP contribution < -0.4 is 20.9 Å². The van der Waals surface area contributed by atoms with Crippen LogP contribution in [0.15, 0.2) is 36.4 Å². The molecule has 0 aliphatic rings. The van der Waals surface area contributed by atoms with E-state index in [1.165, 1.54) is 0 Å². The van der Waals surface area contributed by atoms with Crippen molar-refractivity contribution >= 4 is 11.8 Å². The third kappa shape index (κ3) is 5.53. The molecule has 25 heavy (non-hydrogen) atoms. The summed E-state index contributed by atoms with van der Waals surface area (Å²) in [5, 5.41) is 0. The van der Waals surface area contributed by atoms with Crippen LogP contribution in [0.4, 0.5) is 0 Å². The van der Waals surface area contributed by atoms with Gasteiger partial charge in [-0.3, -0.25) is 9.59 Å². The molecule has 2 rings (SSSR count). The van der Waals surface area contributed by atoms with E-state index in [1.807, 2.05) is 50.2 Å². The summed E-state index contributed by atoms with van der Waals surface area (Å²) in [5.41, 5.74) is 14.1. The van der Waals surface area contributed by atoms with Crippen LogP contribution in [0.5, 0.6) is 11.5 Å². The molecule has 0 aliphatic carbocycles. The number of primary amides is 2. The van der Waals surface area contributed by atoms with Crippen molar-refractivity contribution in [2.45, 2.75) is 20.3 Å². The second kappa shape index (κ2) is 8.19. The minimum Gasteiger partial charge on any atom is -0.483 e. The van der Waals surface area contributed by atoms with Crippen LogP contribution in [-0.4, -0.2) is 25.0 Å². The molecule has 2 amide bonds. The summed E-state index contributed by atoms with van der Waals surface area (Å²) in [6.45, 7) is 3.51. The first-order valence-corrected chi connectivity index (χ1v) is 7.86. The highest BCUT2D eigenvalue weighted by atomic mass is 16.5. The van der Waals surface area contributed by atoms with Gasteiger partial charge in [0.15, 0.2) is 13.2 Å². The van der Waals surface area contributed by atoms with Crippen molar-refractivity contribution in [2.24, 2.45) is 11.5 Å². The molecule has 0 atom stereocenters. The fourth-order valence-corrected chi connectivity index (χ4v) is 2.39. The summed E-state index contributed by atoms with van der Waals surface area (Å²) >= 11 is 0. The van der Waals surface area contributed by atoms with Crippen LogP contribution >= 0.6 is 0 Å². The van der Waals surface area contributed by atoms with Crippen molar-refractivity contribution in [3.05, 3.63) is 58.7 Å².